The van der Waals surface area contributed by atoms with Crippen LogP contribution in [0.3, 0.4) is 0 Å². The van der Waals surface area contributed by atoms with E-state index in [9.17, 15) is 14.3 Å². The molecule has 0 radical (unpaired) electrons. The summed E-state index contributed by atoms with van der Waals surface area (Å²) in [6.45, 7) is 2.12. The Balaban J connectivity index is 1.74. The number of hydrazone groups is 1. The van der Waals surface area contributed by atoms with Crippen LogP contribution in [0.5, 0.6) is 17.4 Å². The number of aromatic nitrogens is 4. The SMILES string of the molecule is CCOc1ncc(-c2cncc(C(=O)N/N=C/c3cc(OC)cnc3F)n2)cc1O. The van der Waals surface area contributed by atoms with Crippen LogP contribution in [0.25, 0.3) is 11.3 Å². The van der Waals surface area contributed by atoms with Crippen molar-refractivity contribution in [3.8, 4) is 28.6 Å². The topological polar surface area (TPSA) is 132 Å². The van der Waals surface area contributed by atoms with E-state index in [1.807, 2.05) is 0 Å². The number of ether oxygens (including phenoxy) is 2. The Hall–Kier alpha value is -4.15. The van der Waals surface area contributed by atoms with E-state index in [0.717, 1.165) is 6.21 Å². The van der Waals surface area contributed by atoms with Gasteiger partial charge in [0.05, 0.1) is 49.8 Å². The number of hydrogen-bond acceptors (Lipinski definition) is 9. The van der Waals surface area contributed by atoms with E-state index in [0.29, 0.717) is 23.6 Å². The molecule has 0 bridgehead atoms. The van der Waals surface area contributed by atoms with Crippen molar-refractivity contribution in [2.24, 2.45) is 5.10 Å². The molecule has 0 aromatic carbocycles. The summed E-state index contributed by atoms with van der Waals surface area (Å²) in [4.78, 5) is 28.0. The van der Waals surface area contributed by atoms with Crippen LogP contribution in [0.4, 0.5) is 4.39 Å². The highest BCUT2D eigenvalue weighted by Crippen LogP contribution is 2.28. The van der Waals surface area contributed by atoms with Crippen molar-refractivity contribution in [3.63, 3.8) is 0 Å². The summed E-state index contributed by atoms with van der Waals surface area (Å²) >= 11 is 0. The second-order valence-corrected chi connectivity index (χ2v) is 5.73. The molecule has 11 heteroatoms. The molecule has 30 heavy (non-hydrogen) atoms. The zero-order valence-electron chi connectivity index (χ0n) is 16.0. The zero-order chi connectivity index (χ0) is 21.5. The van der Waals surface area contributed by atoms with Crippen molar-refractivity contribution >= 4 is 12.1 Å². The first-order chi connectivity index (χ1) is 14.5. The number of nitrogens with one attached hydrogen (secondary N) is 1. The molecule has 0 aliphatic rings. The van der Waals surface area contributed by atoms with Gasteiger partial charge in [0.25, 0.3) is 11.8 Å². The smallest absolute Gasteiger partial charge is 0.291 e. The Labute approximate surface area is 170 Å². The Morgan fingerprint density at radius 3 is 2.83 bits per heavy atom. The van der Waals surface area contributed by atoms with Gasteiger partial charge in [0.15, 0.2) is 5.75 Å². The van der Waals surface area contributed by atoms with Gasteiger partial charge in [-0.3, -0.25) is 9.78 Å². The molecular formula is C19H17FN6O4. The molecule has 2 N–H and O–H groups in total. The molecule has 0 unspecified atom stereocenters. The lowest BCUT2D eigenvalue weighted by molar-refractivity contribution is 0.0950. The first kappa shape index (κ1) is 20.6. The van der Waals surface area contributed by atoms with E-state index in [2.05, 4.69) is 30.5 Å². The van der Waals surface area contributed by atoms with Crippen LogP contribution in [0.2, 0.25) is 0 Å². The Kier molecular flexibility index (Phi) is 6.42. The quantitative estimate of drug-likeness (QED) is 0.342. The lowest BCUT2D eigenvalue weighted by Gasteiger charge is -2.07. The van der Waals surface area contributed by atoms with Gasteiger partial charge in [-0.15, -0.1) is 0 Å². The highest BCUT2D eigenvalue weighted by Gasteiger charge is 2.12. The normalized spacial score (nSPS) is 10.8. The second kappa shape index (κ2) is 9.37. The Morgan fingerprint density at radius 1 is 1.27 bits per heavy atom. The van der Waals surface area contributed by atoms with Crippen molar-refractivity contribution in [2.75, 3.05) is 13.7 Å². The minimum Gasteiger partial charge on any atom is -0.503 e. The average Bonchev–Trinajstić information content (AvgIpc) is 2.76. The maximum absolute atomic E-state index is 13.7. The van der Waals surface area contributed by atoms with Crippen LogP contribution in [0.15, 0.2) is 42.0 Å². The number of carbonyl (C=O) groups is 1. The summed E-state index contributed by atoms with van der Waals surface area (Å²) in [5, 5.41) is 13.7. The molecular weight excluding hydrogens is 395 g/mol. The number of nitrogens with zero attached hydrogens (tertiary/aromatic N) is 5. The summed E-state index contributed by atoms with van der Waals surface area (Å²) in [5.41, 5.74) is 2.97. The fraction of sp³-hybridized carbons (Fsp3) is 0.158. The summed E-state index contributed by atoms with van der Waals surface area (Å²) < 4.78 is 23.8. The van der Waals surface area contributed by atoms with Gasteiger partial charge in [-0.25, -0.2) is 20.4 Å². The molecule has 0 spiro atoms. The molecule has 0 aliphatic heterocycles. The summed E-state index contributed by atoms with van der Waals surface area (Å²) in [7, 11) is 1.42. The van der Waals surface area contributed by atoms with Crippen molar-refractivity contribution in [1.82, 2.24) is 25.4 Å². The third-order valence-electron chi connectivity index (χ3n) is 3.72. The first-order valence-electron chi connectivity index (χ1n) is 8.69. The molecule has 1 amide bonds. The van der Waals surface area contributed by atoms with Crippen molar-refractivity contribution in [2.45, 2.75) is 6.92 Å². The first-order valence-corrected chi connectivity index (χ1v) is 8.69. The maximum Gasteiger partial charge on any atom is 0.291 e. The zero-order valence-corrected chi connectivity index (χ0v) is 16.0. The Morgan fingerprint density at radius 2 is 2.10 bits per heavy atom. The molecule has 0 fully saturated rings. The van der Waals surface area contributed by atoms with Crippen LogP contribution >= 0.6 is 0 Å². The molecule has 3 aromatic rings. The van der Waals surface area contributed by atoms with Crippen LogP contribution < -0.4 is 14.9 Å². The van der Waals surface area contributed by atoms with Gasteiger partial charge in [0, 0.05) is 11.8 Å². The monoisotopic (exact) mass is 412 g/mol. The largest absolute Gasteiger partial charge is 0.503 e. The summed E-state index contributed by atoms with van der Waals surface area (Å²) in [6.07, 6.45) is 6.40. The molecule has 3 rings (SSSR count). The fourth-order valence-corrected chi connectivity index (χ4v) is 2.31. The van der Waals surface area contributed by atoms with Crippen molar-refractivity contribution in [1.29, 1.82) is 0 Å². The minimum atomic E-state index is -0.765. The highest BCUT2D eigenvalue weighted by molar-refractivity contribution is 5.93. The number of amides is 1. The molecule has 0 saturated heterocycles. The molecule has 0 aliphatic carbocycles. The second-order valence-electron chi connectivity index (χ2n) is 5.73. The number of rotatable bonds is 7. The summed E-state index contributed by atoms with van der Waals surface area (Å²) in [6, 6.07) is 2.78. The van der Waals surface area contributed by atoms with Crippen molar-refractivity contribution < 1.29 is 23.8 Å². The number of hydrogen-bond donors (Lipinski definition) is 2. The fourth-order valence-electron chi connectivity index (χ4n) is 2.31. The van der Waals surface area contributed by atoms with Crippen LogP contribution in [0.1, 0.15) is 23.0 Å². The van der Waals surface area contributed by atoms with E-state index in [-0.39, 0.29) is 22.9 Å². The van der Waals surface area contributed by atoms with E-state index in [1.54, 1.807) is 6.92 Å². The third-order valence-corrected chi connectivity index (χ3v) is 3.72. The van der Waals surface area contributed by atoms with Crippen LogP contribution in [-0.4, -0.2) is 50.9 Å². The third kappa shape index (κ3) is 4.82. The van der Waals surface area contributed by atoms with E-state index < -0.39 is 11.9 Å². The highest BCUT2D eigenvalue weighted by atomic mass is 19.1. The molecule has 3 heterocycles. The summed E-state index contributed by atoms with van der Waals surface area (Å²) in [5.74, 6) is -1.16. The predicted octanol–water partition coefficient (Wildman–Crippen LogP) is 1.95. The van der Waals surface area contributed by atoms with Gasteiger partial charge in [-0.05, 0) is 19.1 Å². The molecule has 3 aromatic heterocycles. The van der Waals surface area contributed by atoms with E-state index in [4.69, 9.17) is 9.47 Å². The average molecular weight is 412 g/mol. The van der Waals surface area contributed by atoms with Crippen molar-refractivity contribution in [3.05, 3.63) is 54.1 Å². The molecule has 0 atom stereocenters. The standard InChI is InChI=1S/C19H17FN6O4/c1-3-30-19-16(27)5-11(6-23-19)14-9-21-10-15(25-14)18(28)26-24-7-12-4-13(29-2)8-22-17(12)20/h4-10,27H,3H2,1-2H3,(H,26,28)/b24-7+. The maximum atomic E-state index is 13.7. The van der Waals surface area contributed by atoms with Gasteiger partial charge in [0.2, 0.25) is 5.95 Å². The number of aromatic hydroxyl groups is 1. The van der Waals surface area contributed by atoms with Gasteiger partial charge in [-0.2, -0.15) is 9.49 Å². The number of methoxy groups -OCH3 is 1. The molecule has 0 saturated carbocycles. The lowest BCUT2D eigenvalue weighted by Crippen LogP contribution is -2.19. The van der Waals surface area contributed by atoms with Crippen LogP contribution in [0, 0.1) is 5.95 Å². The van der Waals surface area contributed by atoms with Gasteiger partial charge in [0.1, 0.15) is 11.4 Å². The number of carbonyl (C=O) groups excluding carboxylic acids is 1. The van der Waals surface area contributed by atoms with E-state index >= 15 is 0 Å². The van der Waals surface area contributed by atoms with Gasteiger partial charge in [-0.1, -0.05) is 0 Å². The number of halogens is 1. The Bertz CT molecular complexity index is 1090. The number of pyridine rings is 2. The van der Waals surface area contributed by atoms with Crippen LogP contribution in [-0.2, 0) is 0 Å². The molecule has 10 nitrogen and oxygen atoms in total. The van der Waals surface area contributed by atoms with Gasteiger partial charge < -0.3 is 14.6 Å². The minimum absolute atomic E-state index is 0.0328. The van der Waals surface area contributed by atoms with Gasteiger partial charge >= 0.3 is 0 Å². The predicted molar refractivity (Wildman–Crippen MR) is 104 cm³/mol. The lowest BCUT2D eigenvalue weighted by atomic mass is 10.2. The molecule has 154 valence electrons. The van der Waals surface area contributed by atoms with E-state index in [1.165, 1.54) is 44.0 Å².